The summed E-state index contributed by atoms with van der Waals surface area (Å²) in [6, 6.07) is -4.94. The molecule has 0 saturated heterocycles. The number of carbonyl (C=O) groups is 5. The molecule has 0 aliphatic heterocycles. The average molecular weight is 663 g/mol. The van der Waals surface area contributed by atoms with Crippen LogP contribution in [-0.2, 0) is 24.0 Å². The summed E-state index contributed by atoms with van der Waals surface area (Å²) in [6.07, 6.45) is 5.71. The maximum atomic E-state index is 13.5. The molecule has 0 rings (SSSR count). The zero-order valence-corrected chi connectivity index (χ0v) is 28.5. The van der Waals surface area contributed by atoms with Crippen LogP contribution in [0.4, 0.5) is 0 Å². The number of rotatable bonds is 23. The van der Waals surface area contributed by atoms with E-state index in [0.717, 1.165) is 0 Å². The SMILES string of the molecule is CC[C@H](C)[C@H](NC(=O)[C@@H](N)CCSC)C(=O)N[C@@H](CC(C)C)C(=O)N[C@@H](CCSC)C(=O)N[C@@H](CCCN=C(N)N)C(=O)O. The van der Waals surface area contributed by atoms with E-state index >= 15 is 0 Å². The lowest BCUT2D eigenvalue weighted by Gasteiger charge is -2.29. The summed E-state index contributed by atoms with van der Waals surface area (Å²) in [7, 11) is 0. The number of hydrogen-bond donors (Lipinski definition) is 8. The Morgan fingerprint density at radius 3 is 1.84 bits per heavy atom. The Labute approximate surface area is 270 Å². The zero-order chi connectivity index (χ0) is 33.8. The highest BCUT2D eigenvalue weighted by molar-refractivity contribution is 7.98. The molecule has 0 aromatic rings. The van der Waals surface area contributed by atoms with Crippen LogP contribution >= 0.6 is 23.5 Å². The standard InChI is InChI=1S/C28H54N8O6S2/c1-7-17(4)22(36-23(37)18(29)10-13-43-5)26(40)35-21(15-16(2)3)25(39)33-19(11-14-44-6)24(38)34-20(27(41)42)9-8-12-32-28(30)31/h16-22H,7-15,29H2,1-6H3,(H,33,39)(H,34,38)(H,35,40)(H,36,37)(H,41,42)(H4,30,31,32)/t17-,18-,19-,20-,21-,22-/m0/s1. The van der Waals surface area contributed by atoms with Crippen LogP contribution in [0.2, 0.25) is 0 Å². The number of nitrogens with two attached hydrogens (primary N) is 3. The molecule has 0 saturated carbocycles. The second kappa shape index (κ2) is 22.7. The molecule has 254 valence electrons. The van der Waals surface area contributed by atoms with E-state index in [1.165, 1.54) is 11.8 Å². The Kier molecular flexibility index (Phi) is 21.3. The second-order valence-corrected chi connectivity index (χ2v) is 13.1. The van der Waals surface area contributed by atoms with E-state index in [-0.39, 0.29) is 43.6 Å². The van der Waals surface area contributed by atoms with Crippen molar-refractivity contribution in [3.63, 3.8) is 0 Å². The van der Waals surface area contributed by atoms with Gasteiger partial charge in [-0.2, -0.15) is 23.5 Å². The number of hydrogen-bond acceptors (Lipinski definition) is 9. The average Bonchev–Trinajstić information content (AvgIpc) is 2.96. The third-order valence-electron chi connectivity index (χ3n) is 6.91. The Balaban J connectivity index is 5.80. The molecule has 0 heterocycles. The van der Waals surface area contributed by atoms with Crippen LogP contribution < -0.4 is 38.5 Å². The maximum Gasteiger partial charge on any atom is 0.326 e. The van der Waals surface area contributed by atoms with Crippen molar-refractivity contribution in [2.45, 2.75) is 96.4 Å². The lowest BCUT2D eigenvalue weighted by atomic mass is 9.96. The van der Waals surface area contributed by atoms with Crippen LogP contribution in [0.5, 0.6) is 0 Å². The molecule has 0 bridgehead atoms. The van der Waals surface area contributed by atoms with Gasteiger partial charge in [0.2, 0.25) is 23.6 Å². The van der Waals surface area contributed by atoms with Gasteiger partial charge in [0.05, 0.1) is 6.04 Å². The predicted octanol–water partition coefficient (Wildman–Crippen LogP) is -0.0105. The van der Waals surface area contributed by atoms with Gasteiger partial charge in [-0.05, 0) is 68.0 Å². The first kappa shape index (κ1) is 41.3. The number of aliphatic imine (C=N–C) groups is 1. The van der Waals surface area contributed by atoms with Gasteiger partial charge in [0.1, 0.15) is 24.2 Å². The minimum atomic E-state index is -1.23. The normalized spacial score (nSPS) is 15.2. The molecular formula is C28H54N8O6S2. The number of nitrogens with zero attached hydrogens (tertiary/aromatic N) is 1. The second-order valence-electron chi connectivity index (χ2n) is 11.1. The summed E-state index contributed by atoms with van der Waals surface area (Å²) in [5, 5.41) is 20.4. The fourth-order valence-electron chi connectivity index (χ4n) is 4.11. The zero-order valence-electron chi connectivity index (χ0n) is 26.9. The van der Waals surface area contributed by atoms with Crippen molar-refractivity contribution in [3.8, 4) is 0 Å². The summed E-state index contributed by atoms with van der Waals surface area (Å²) >= 11 is 3.03. The van der Waals surface area contributed by atoms with Crippen molar-refractivity contribution in [2.75, 3.05) is 30.6 Å². The summed E-state index contributed by atoms with van der Waals surface area (Å²) < 4.78 is 0. The Morgan fingerprint density at radius 2 is 1.32 bits per heavy atom. The van der Waals surface area contributed by atoms with Crippen molar-refractivity contribution < 1.29 is 29.1 Å². The Hall–Kier alpha value is -2.72. The van der Waals surface area contributed by atoms with E-state index in [4.69, 9.17) is 17.2 Å². The Bertz CT molecular complexity index is 951. The van der Waals surface area contributed by atoms with Gasteiger partial charge in [-0.25, -0.2) is 4.79 Å². The molecule has 0 aliphatic rings. The predicted molar refractivity (Wildman–Crippen MR) is 178 cm³/mol. The van der Waals surface area contributed by atoms with E-state index in [0.29, 0.717) is 30.8 Å². The van der Waals surface area contributed by atoms with Gasteiger partial charge in [-0.1, -0.05) is 34.1 Å². The number of thioether (sulfide) groups is 2. The monoisotopic (exact) mass is 662 g/mol. The fraction of sp³-hybridized carbons (Fsp3) is 0.786. The summed E-state index contributed by atoms with van der Waals surface area (Å²) in [6.45, 7) is 7.70. The first-order valence-electron chi connectivity index (χ1n) is 14.9. The number of carbonyl (C=O) groups excluding carboxylic acids is 4. The van der Waals surface area contributed by atoms with Crippen molar-refractivity contribution in [3.05, 3.63) is 0 Å². The van der Waals surface area contributed by atoms with Gasteiger partial charge < -0.3 is 43.6 Å². The summed E-state index contributed by atoms with van der Waals surface area (Å²) in [5.41, 5.74) is 16.6. The highest BCUT2D eigenvalue weighted by atomic mass is 32.2. The molecule has 11 N–H and O–H groups in total. The van der Waals surface area contributed by atoms with Crippen LogP contribution in [-0.4, -0.2) is 101 Å². The molecule has 0 radical (unpaired) electrons. The molecule has 6 atom stereocenters. The molecule has 0 aliphatic carbocycles. The molecule has 0 aromatic carbocycles. The van der Waals surface area contributed by atoms with Gasteiger partial charge in [0.15, 0.2) is 5.96 Å². The number of nitrogens with one attached hydrogen (secondary N) is 4. The van der Waals surface area contributed by atoms with Crippen molar-refractivity contribution in [1.82, 2.24) is 21.3 Å². The lowest BCUT2D eigenvalue weighted by Crippen LogP contribution is -2.59. The lowest BCUT2D eigenvalue weighted by molar-refractivity contribution is -0.142. The van der Waals surface area contributed by atoms with Crippen molar-refractivity contribution >= 4 is 59.1 Å². The fourth-order valence-corrected chi connectivity index (χ4v) is 5.07. The van der Waals surface area contributed by atoms with Gasteiger partial charge in [-0.15, -0.1) is 0 Å². The van der Waals surface area contributed by atoms with Gasteiger partial charge >= 0.3 is 5.97 Å². The summed E-state index contributed by atoms with van der Waals surface area (Å²) in [5.74, 6) is -2.57. The molecule has 0 unspecified atom stereocenters. The van der Waals surface area contributed by atoms with Gasteiger partial charge in [0, 0.05) is 6.54 Å². The molecular weight excluding hydrogens is 608 g/mol. The van der Waals surface area contributed by atoms with E-state index in [1.54, 1.807) is 11.8 Å². The summed E-state index contributed by atoms with van der Waals surface area (Å²) in [4.78, 5) is 68.6. The van der Waals surface area contributed by atoms with Crippen molar-refractivity contribution in [2.24, 2.45) is 34.0 Å². The van der Waals surface area contributed by atoms with E-state index in [2.05, 4.69) is 26.3 Å². The number of guanidine groups is 1. The van der Waals surface area contributed by atoms with E-state index in [1.807, 2.05) is 40.2 Å². The quantitative estimate of drug-likeness (QED) is 0.0411. The largest absolute Gasteiger partial charge is 0.480 e. The van der Waals surface area contributed by atoms with E-state index in [9.17, 15) is 29.1 Å². The number of aliphatic carboxylic acids is 1. The maximum absolute atomic E-state index is 13.5. The highest BCUT2D eigenvalue weighted by Crippen LogP contribution is 2.13. The van der Waals surface area contributed by atoms with Crippen LogP contribution in [0.3, 0.4) is 0 Å². The number of carboxylic acid groups (broad SMARTS) is 1. The van der Waals surface area contributed by atoms with Gasteiger partial charge in [0.25, 0.3) is 0 Å². The molecule has 44 heavy (non-hydrogen) atoms. The molecule has 16 heteroatoms. The first-order valence-corrected chi connectivity index (χ1v) is 17.7. The van der Waals surface area contributed by atoms with Crippen LogP contribution in [0.15, 0.2) is 4.99 Å². The molecule has 14 nitrogen and oxygen atoms in total. The third kappa shape index (κ3) is 16.9. The highest BCUT2D eigenvalue weighted by Gasteiger charge is 2.33. The minimum absolute atomic E-state index is 0.00253. The van der Waals surface area contributed by atoms with Gasteiger partial charge in [-0.3, -0.25) is 24.2 Å². The minimum Gasteiger partial charge on any atom is -0.480 e. The first-order chi connectivity index (χ1) is 20.7. The third-order valence-corrected chi connectivity index (χ3v) is 8.19. The van der Waals surface area contributed by atoms with Crippen LogP contribution in [0.1, 0.15) is 66.2 Å². The topological polar surface area (TPSA) is 244 Å². The Morgan fingerprint density at radius 1 is 0.773 bits per heavy atom. The van der Waals surface area contributed by atoms with Crippen LogP contribution in [0.25, 0.3) is 0 Å². The van der Waals surface area contributed by atoms with E-state index < -0.39 is 59.8 Å². The number of carboxylic acids is 1. The van der Waals surface area contributed by atoms with Crippen LogP contribution in [0, 0.1) is 11.8 Å². The van der Waals surface area contributed by atoms with Crippen molar-refractivity contribution in [1.29, 1.82) is 0 Å². The molecule has 4 amide bonds. The number of amides is 4. The molecule has 0 fully saturated rings. The molecule has 0 spiro atoms. The smallest absolute Gasteiger partial charge is 0.326 e. The molecule has 0 aromatic heterocycles.